The van der Waals surface area contributed by atoms with Crippen LogP contribution in [0.5, 0.6) is 0 Å². The Hall–Kier alpha value is -1.13. The van der Waals surface area contributed by atoms with Gasteiger partial charge in [0, 0.05) is 12.2 Å². The summed E-state index contributed by atoms with van der Waals surface area (Å²) in [5, 5.41) is 2.80. The maximum atomic E-state index is 13.1. The highest BCUT2D eigenvalue weighted by Crippen LogP contribution is 2.36. The van der Waals surface area contributed by atoms with Crippen molar-refractivity contribution in [2.75, 3.05) is 11.9 Å². The summed E-state index contributed by atoms with van der Waals surface area (Å²) in [4.78, 5) is 12.4. The number of carbonyl (C=O) groups is 1. The molecule has 5 heteroatoms. The molecular formula is C14H18ClFN2O. The molecule has 0 heterocycles. The number of carbonyl (C=O) groups excluding carboxylic acids is 1. The number of hydrogen-bond acceptors (Lipinski definition) is 2. The van der Waals surface area contributed by atoms with Crippen molar-refractivity contribution in [2.24, 2.45) is 11.1 Å². The average molecular weight is 285 g/mol. The number of hydrogen-bond donors (Lipinski definition) is 2. The molecule has 0 radical (unpaired) electrons. The topological polar surface area (TPSA) is 55.1 Å². The van der Waals surface area contributed by atoms with Gasteiger partial charge in [-0.3, -0.25) is 4.79 Å². The van der Waals surface area contributed by atoms with Crippen LogP contribution < -0.4 is 11.1 Å². The fourth-order valence-corrected chi connectivity index (χ4v) is 2.77. The van der Waals surface area contributed by atoms with Gasteiger partial charge in [0.2, 0.25) is 5.91 Å². The zero-order valence-corrected chi connectivity index (χ0v) is 11.5. The summed E-state index contributed by atoms with van der Waals surface area (Å²) in [5.74, 6) is -0.580. The lowest BCUT2D eigenvalue weighted by molar-refractivity contribution is -0.126. The van der Waals surface area contributed by atoms with Crippen LogP contribution in [0.2, 0.25) is 5.02 Å². The van der Waals surface area contributed by atoms with Crippen molar-refractivity contribution in [1.29, 1.82) is 0 Å². The largest absolute Gasteiger partial charge is 0.329 e. The molecule has 2 rings (SSSR count). The van der Waals surface area contributed by atoms with Crippen LogP contribution in [-0.4, -0.2) is 12.5 Å². The Morgan fingerprint density at radius 1 is 1.37 bits per heavy atom. The molecule has 1 aliphatic carbocycles. The van der Waals surface area contributed by atoms with E-state index < -0.39 is 11.2 Å². The fraction of sp³-hybridized carbons (Fsp3) is 0.500. The zero-order chi connectivity index (χ0) is 13.9. The first-order valence-corrected chi connectivity index (χ1v) is 6.92. The van der Waals surface area contributed by atoms with Gasteiger partial charge in [0.1, 0.15) is 5.82 Å². The zero-order valence-electron chi connectivity index (χ0n) is 10.7. The lowest BCUT2D eigenvalue weighted by Gasteiger charge is -2.34. The minimum absolute atomic E-state index is 0.00300. The van der Waals surface area contributed by atoms with Gasteiger partial charge < -0.3 is 11.1 Å². The maximum absolute atomic E-state index is 13.1. The fourth-order valence-electron chi connectivity index (χ4n) is 2.59. The summed E-state index contributed by atoms with van der Waals surface area (Å²) in [7, 11) is 0. The van der Waals surface area contributed by atoms with Crippen LogP contribution in [0.15, 0.2) is 18.2 Å². The van der Waals surface area contributed by atoms with Crippen molar-refractivity contribution >= 4 is 23.2 Å². The predicted octanol–water partition coefficient (Wildman–Crippen LogP) is 3.33. The van der Waals surface area contributed by atoms with E-state index in [9.17, 15) is 9.18 Å². The van der Waals surface area contributed by atoms with Gasteiger partial charge in [-0.25, -0.2) is 4.39 Å². The third-order valence-electron chi connectivity index (χ3n) is 3.86. The quantitative estimate of drug-likeness (QED) is 0.894. The second-order valence-corrected chi connectivity index (χ2v) is 5.54. The van der Waals surface area contributed by atoms with Crippen molar-refractivity contribution in [1.82, 2.24) is 0 Å². The number of amides is 1. The van der Waals surface area contributed by atoms with Gasteiger partial charge in [-0.15, -0.1) is 0 Å². The molecule has 1 aliphatic rings. The molecule has 3 nitrogen and oxygen atoms in total. The number of benzene rings is 1. The van der Waals surface area contributed by atoms with E-state index in [2.05, 4.69) is 5.32 Å². The van der Waals surface area contributed by atoms with Crippen molar-refractivity contribution < 1.29 is 9.18 Å². The van der Waals surface area contributed by atoms with E-state index in [-0.39, 0.29) is 10.9 Å². The smallest absolute Gasteiger partial charge is 0.231 e. The van der Waals surface area contributed by atoms with Gasteiger partial charge in [-0.05, 0) is 31.0 Å². The Kier molecular flexibility index (Phi) is 4.42. The summed E-state index contributed by atoms with van der Waals surface area (Å²) in [6.07, 6.45) is 4.81. The molecule has 0 aromatic heterocycles. The second kappa shape index (κ2) is 5.88. The third-order valence-corrected chi connectivity index (χ3v) is 4.15. The first kappa shape index (κ1) is 14.3. The molecule has 0 unspecified atom stereocenters. The van der Waals surface area contributed by atoms with Gasteiger partial charge >= 0.3 is 0 Å². The predicted molar refractivity (Wildman–Crippen MR) is 74.6 cm³/mol. The van der Waals surface area contributed by atoms with E-state index in [1.165, 1.54) is 18.2 Å². The summed E-state index contributed by atoms with van der Waals surface area (Å²) < 4.78 is 13.1. The Bertz CT molecular complexity index is 473. The van der Waals surface area contributed by atoms with Crippen LogP contribution in [0.4, 0.5) is 10.1 Å². The monoisotopic (exact) mass is 284 g/mol. The Balaban J connectivity index is 2.12. The highest BCUT2D eigenvalue weighted by atomic mass is 35.5. The van der Waals surface area contributed by atoms with Crippen molar-refractivity contribution in [3.05, 3.63) is 29.0 Å². The summed E-state index contributed by atoms with van der Waals surface area (Å²) >= 11 is 5.70. The number of rotatable bonds is 3. The molecule has 104 valence electrons. The normalized spacial score (nSPS) is 18.1. The molecule has 1 saturated carbocycles. The molecular weight excluding hydrogens is 267 g/mol. The molecule has 1 aromatic carbocycles. The van der Waals surface area contributed by atoms with E-state index in [4.69, 9.17) is 17.3 Å². The average Bonchev–Trinajstić information content (AvgIpc) is 2.43. The molecule has 0 bridgehead atoms. The molecule has 1 amide bonds. The molecule has 0 spiro atoms. The molecule has 0 aliphatic heterocycles. The first-order chi connectivity index (χ1) is 9.07. The van der Waals surface area contributed by atoms with Gasteiger partial charge in [0.05, 0.1) is 10.4 Å². The van der Waals surface area contributed by atoms with E-state index in [1.54, 1.807) is 0 Å². The molecule has 0 atom stereocenters. The van der Waals surface area contributed by atoms with E-state index in [0.717, 1.165) is 32.1 Å². The standard InChI is InChI=1S/C14H18ClFN2O/c15-11-8-10(4-5-12(11)16)18-13(19)14(9-17)6-2-1-3-7-14/h4-5,8H,1-3,6-7,9,17H2,(H,18,19). The molecule has 1 aromatic rings. The molecule has 1 fully saturated rings. The highest BCUT2D eigenvalue weighted by Gasteiger charge is 2.38. The molecule has 19 heavy (non-hydrogen) atoms. The Morgan fingerprint density at radius 2 is 2.05 bits per heavy atom. The summed E-state index contributed by atoms with van der Waals surface area (Å²) in [6.45, 7) is 0.341. The van der Waals surface area contributed by atoms with Gasteiger partial charge in [0.15, 0.2) is 0 Å². The Morgan fingerprint density at radius 3 is 2.63 bits per heavy atom. The number of halogens is 2. The van der Waals surface area contributed by atoms with Crippen LogP contribution in [-0.2, 0) is 4.79 Å². The van der Waals surface area contributed by atoms with Crippen LogP contribution in [0.25, 0.3) is 0 Å². The summed E-state index contributed by atoms with van der Waals surface area (Å²) in [6, 6.07) is 4.17. The van der Waals surface area contributed by atoms with Crippen molar-refractivity contribution in [2.45, 2.75) is 32.1 Å². The van der Waals surface area contributed by atoms with E-state index in [0.29, 0.717) is 12.2 Å². The van der Waals surface area contributed by atoms with E-state index >= 15 is 0 Å². The van der Waals surface area contributed by atoms with Gasteiger partial charge in [-0.1, -0.05) is 30.9 Å². The highest BCUT2D eigenvalue weighted by molar-refractivity contribution is 6.31. The maximum Gasteiger partial charge on any atom is 0.231 e. The lowest BCUT2D eigenvalue weighted by atomic mass is 9.73. The minimum Gasteiger partial charge on any atom is -0.329 e. The van der Waals surface area contributed by atoms with Gasteiger partial charge in [0.25, 0.3) is 0 Å². The molecule has 3 N–H and O–H groups in total. The minimum atomic E-state index is -0.495. The van der Waals surface area contributed by atoms with Gasteiger partial charge in [-0.2, -0.15) is 0 Å². The van der Waals surface area contributed by atoms with Crippen LogP contribution in [0.1, 0.15) is 32.1 Å². The lowest BCUT2D eigenvalue weighted by Crippen LogP contribution is -2.43. The number of anilines is 1. The number of nitrogens with two attached hydrogens (primary N) is 1. The van der Waals surface area contributed by atoms with Crippen LogP contribution in [0.3, 0.4) is 0 Å². The summed E-state index contributed by atoms with van der Waals surface area (Å²) in [5.41, 5.74) is 5.82. The van der Waals surface area contributed by atoms with Crippen LogP contribution in [0, 0.1) is 11.2 Å². The Labute approximate surface area is 117 Å². The molecule has 0 saturated heterocycles. The van der Waals surface area contributed by atoms with Crippen molar-refractivity contribution in [3.63, 3.8) is 0 Å². The van der Waals surface area contributed by atoms with E-state index in [1.807, 2.05) is 0 Å². The first-order valence-electron chi connectivity index (χ1n) is 6.54. The number of nitrogens with one attached hydrogen (secondary N) is 1. The van der Waals surface area contributed by atoms with Crippen molar-refractivity contribution in [3.8, 4) is 0 Å². The van der Waals surface area contributed by atoms with Crippen LogP contribution >= 0.6 is 11.6 Å². The third kappa shape index (κ3) is 3.07. The second-order valence-electron chi connectivity index (χ2n) is 5.13. The SMILES string of the molecule is NCC1(C(=O)Nc2ccc(F)c(Cl)c2)CCCCC1.